The van der Waals surface area contributed by atoms with Gasteiger partial charge >= 0.3 is 5.97 Å². The molecule has 0 heterocycles. The van der Waals surface area contributed by atoms with Gasteiger partial charge in [-0.2, -0.15) is 0 Å². The second-order valence-corrected chi connectivity index (χ2v) is 11.2. The number of non-ortho nitro benzene ring substituents is 1. The molecule has 0 aliphatic heterocycles. The van der Waals surface area contributed by atoms with E-state index in [1.807, 2.05) is 0 Å². The molecule has 0 spiro atoms. The summed E-state index contributed by atoms with van der Waals surface area (Å²) in [5, 5.41) is 31.8. The number of amides is 1. The van der Waals surface area contributed by atoms with E-state index in [-0.39, 0.29) is 45.5 Å². The minimum Gasteiger partial charge on any atom is -0.478 e. The number of hydrogen-bond donors (Lipinski definition) is 4. The Morgan fingerprint density at radius 3 is 2.05 bits per heavy atom. The number of carboxylic acids is 1. The van der Waals surface area contributed by atoms with Gasteiger partial charge < -0.3 is 10.4 Å². The van der Waals surface area contributed by atoms with Crippen molar-refractivity contribution in [3.63, 3.8) is 0 Å². The van der Waals surface area contributed by atoms with E-state index in [1.54, 1.807) is 13.0 Å². The molecule has 4 aromatic carbocycles. The first kappa shape index (κ1) is 30.8. The van der Waals surface area contributed by atoms with E-state index in [1.165, 1.54) is 78.9 Å². The summed E-state index contributed by atoms with van der Waals surface area (Å²) >= 11 is 0. The van der Waals surface area contributed by atoms with Gasteiger partial charge in [0.25, 0.3) is 11.6 Å². The molecular formula is C29H25N3O10S. The van der Waals surface area contributed by atoms with Gasteiger partial charge in [0.2, 0.25) is 9.84 Å². The number of nitrogens with one attached hydrogen (secondary N) is 2. The predicted octanol–water partition coefficient (Wildman–Crippen LogP) is 5.22. The van der Waals surface area contributed by atoms with E-state index < -0.39 is 26.6 Å². The van der Waals surface area contributed by atoms with Crippen LogP contribution in [0.3, 0.4) is 0 Å². The van der Waals surface area contributed by atoms with Crippen LogP contribution in [0.2, 0.25) is 0 Å². The average molecular weight is 608 g/mol. The monoisotopic (exact) mass is 607 g/mol. The van der Waals surface area contributed by atoms with E-state index in [0.717, 1.165) is 0 Å². The molecule has 0 saturated carbocycles. The lowest BCUT2D eigenvalue weighted by Gasteiger charge is -2.12. The van der Waals surface area contributed by atoms with Crippen molar-refractivity contribution in [1.29, 1.82) is 0 Å². The number of anilines is 2. The summed E-state index contributed by atoms with van der Waals surface area (Å²) in [7, 11) is -3.93. The minimum absolute atomic E-state index is 0.0123. The molecule has 14 heteroatoms. The summed E-state index contributed by atoms with van der Waals surface area (Å²) in [6.45, 7) is 1.41. The van der Waals surface area contributed by atoms with Crippen LogP contribution in [0.15, 0.2) is 94.7 Å². The van der Waals surface area contributed by atoms with Crippen LogP contribution in [0, 0.1) is 17.0 Å². The number of sulfone groups is 1. The number of carbonyl (C=O) groups excluding carboxylic acids is 1. The number of nitro groups is 1. The van der Waals surface area contributed by atoms with Gasteiger partial charge in [0.05, 0.1) is 31.5 Å². The highest BCUT2D eigenvalue weighted by Crippen LogP contribution is 2.25. The van der Waals surface area contributed by atoms with Crippen LogP contribution in [0.5, 0.6) is 0 Å². The zero-order valence-electron chi connectivity index (χ0n) is 22.5. The fourth-order valence-electron chi connectivity index (χ4n) is 4.05. The van der Waals surface area contributed by atoms with Crippen molar-refractivity contribution >= 4 is 38.8 Å². The number of nitrogens with zero attached hydrogens (tertiary/aromatic N) is 1. The molecule has 0 radical (unpaired) electrons. The first-order valence-electron chi connectivity index (χ1n) is 12.5. The highest BCUT2D eigenvalue weighted by molar-refractivity contribution is 7.91. The fourth-order valence-corrected chi connectivity index (χ4v) is 5.32. The summed E-state index contributed by atoms with van der Waals surface area (Å²) < 4.78 is 26.3. The molecule has 0 aliphatic rings. The Morgan fingerprint density at radius 1 is 0.837 bits per heavy atom. The number of rotatable bonds is 12. The Hall–Kier alpha value is -5.15. The summed E-state index contributed by atoms with van der Waals surface area (Å²) in [4.78, 5) is 44.2. The second-order valence-electron chi connectivity index (χ2n) is 9.23. The lowest BCUT2D eigenvalue weighted by Crippen LogP contribution is -2.16. The summed E-state index contributed by atoms with van der Waals surface area (Å²) in [6, 6.07) is 19.5. The van der Waals surface area contributed by atoms with Gasteiger partial charge in [0.1, 0.15) is 13.2 Å². The molecule has 0 bridgehead atoms. The molecule has 1 amide bonds. The standard InChI is InChI=1S/C29H25N3O10S/c1-18-2-13-26(29(34)35)27(14-18)28(33)30-21-4-9-24(10-5-21)43(39,40)25-11-6-22(7-12-25)31-41-16-20-15-23(32(36)37)8-3-19(20)17-42-38/h2-15,31,38H,16-17H2,1H3,(H,30,33)(H,34,35). The van der Waals surface area contributed by atoms with Crippen molar-refractivity contribution < 1.29 is 43.0 Å². The number of aryl methyl sites for hydroxylation is 1. The lowest BCUT2D eigenvalue weighted by atomic mass is 10.0. The number of carboxylic acid groups (broad SMARTS) is 1. The molecule has 0 atom stereocenters. The number of hydrogen-bond acceptors (Lipinski definition) is 10. The van der Waals surface area contributed by atoms with Gasteiger partial charge in [-0.15, -0.1) is 0 Å². The average Bonchev–Trinajstić information content (AvgIpc) is 2.98. The molecule has 0 fully saturated rings. The van der Waals surface area contributed by atoms with Crippen LogP contribution in [0.1, 0.15) is 37.4 Å². The molecule has 13 nitrogen and oxygen atoms in total. The summed E-state index contributed by atoms with van der Waals surface area (Å²) in [6.07, 6.45) is 0. The van der Waals surface area contributed by atoms with Crippen molar-refractivity contribution in [2.75, 3.05) is 10.8 Å². The Morgan fingerprint density at radius 2 is 1.47 bits per heavy atom. The Balaban J connectivity index is 1.41. The van der Waals surface area contributed by atoms with Crippen molar-refractivity contribution in [3.8, 4) is 0 Å². The maximum Gasteiger partial charge on any atom is 0.336 e. The second kappa shape index (κ2) is 13.2. The predicted molar refractivity (Wildman–Crippen MR) is 153 cm³/mol. The normalized spacial score (nSPS) is 11.1. The maximum atomic E-state index is 13.2. The van der Waals surface area contributed by atoms with Gasteiger partial charge in [-0.3, -0.25) is 30.5 Å². The number of carbonyl (C=O) groups is 2. The molecule has 4 N–H and O–H groups in total. The first-order chi connectivity index (χ1) is 20.5. The molecule has 4 rings (SSSR count). The number of benzene rings is 4. The smallest absolute Gasteiger partial charge is 0.336 e. The highest BCUT2D eigenvalue weighted by atomic mass is 32.2. The third kappa shape index (κ3) is 7.38. The number of nitro benzene ring substituents is 1. The fraction of sp³-hybridized carbons (Fsp3) is 0.103. The van der Waals surface area contributed by atoms with Crippen LogP contribution in [-0.2, 0) is 32.8 Å². The molecule has 0 aromatic heterocycles. The van der Waals surface area contributed by atoms with E-state index in [2.05, 4.69) is 15.7 Å². The quantitative estimate of drug-likeness (QED) is 0.0936. The molecule has 222 valence electrons. The van der Waals surface area contributed by atoms with Crippen LogP contribution in [0.4, 0.5) is 17.1 Å². The molecule has 4 aromatic rings. The SMILES string of the molecule is Cc1ccc(C(=O)O)c(C(=O)Nc2ccc(S(=O)(=O)c3ccc(NOCc4cc([N+](=O)[O-])ccc4COO)cc3)cc2)c1. The van der Waals surface area contributed by atoms with E-state index in [9.17, 15) is 33.2 Å². The van der Waals surface area contributed by atoms with Crippen LogP contribution < -0.4 is 10.8 Å². The van der Waals surface area contributed by atoms with E-state index in [0.29, 0.717) is 22.4 Å². The first-order valence-corrected chi connectivity index (χ1v) is 14.0. The lowest BCUT2D eigenvalue weighted by molar-refractivity contribution is -0.385. The van der Waals surface area contributed by atoms with Gasteiger partial charge in [-0.25, -0.2) is 18.1 Å². The maximum absolute atomic E-state index is 13.2. The third-order valence-electron chi connectivity index (χ3n) is 6.28. The van der Waals surface area contributed by atoms with Crippen LogP contribution in [0.25, 0.3) is 0 Å². The topological polar surface area (TPSA) is 194 Å². The Bertz CT molecular complexity index is 1770. The van der Waals surface area contributed by atoms with Crippen molar-refractivity contribution in [2.24, 2.45) is 0 Å². The molecule has 43 heavy (non-hydrogen) atoms. The number of aromatic carboxylic acids is 1. The van der Waals surface area contributed by atoms with E-state index in [4.69, 9.17) is 10.1 Å². The van der Waals surface area contributed by atoms with E-state index >= 15 is 0 Å². The van der Waals surface area contributed by atoms with Crippen molar-refractivity contribution in [3.05, 3.63) is 123 Å². The summed E-state index contributed by atoms with van der Waals surface area (Å²) in [5.41, 5.74) is 4.55. The zero-order valence-corrected chi connectivity index (χ0v) is 23.3. The molecular weight excluding hydrogens is 582 g/mol. The van der Waals surface area contributed by atoms with Crippen molar-refractivity contribution in [1.82, 2.24) is 0 Å². The zero-order chi connectivity index (χ0) is 31.1. The Labute approximate surface area is 245 Å². The summed E-state index contributed by atoms with van der Waals surface area (Å²) in [5.74, 6) is -1.89. The molecule has 0 saturated heterocycles. The van der Waals surface area contributed by atoms with Gasteiger partial charge in [0, 0.05) is 17.8 Å². The van der Waals surface area contributed by atoms with Gasteiger partial charge in [-0.1, -0.05) is 11.6 Å². The molecule has 0 aliphatic carbocycles. The minimum atomic E-state index is -3.93. The molecule has 0 unspecified atom stereocenters. The largest absolute Gasteiger partial charge is 0.478 e. The van der Waals surface area contributed by atoms with Gasteiger partial charge in [-0.05, 0) is 84.8 Å². The third-order valence-corrected chi connectivity index (χ3v) is 8.06. The Kier molecular flexibility index (Phi) is 9.47. The van der Waals surface area contributed by atoms with Crippen molar-refractivity contribution in [2.45, 2.75) is 29.9 Å². The van der Waals surface area contributed by atoms with Crippen LogP contribution >= 0.6 is 0 Å². The van der Waals surface area contributed by atoms with Crippen LogP contribution in [-0.4, -0.2) is 35.6 Å². The van der Waals surface area contributed by atoms with Gasteiger partial charge in [0.15, 0.2) is 0 Å². The highest BCUT2D eigenvalue weighted by Gasteiger charge is 2.20.